The van der Waals surface area contributed by atoms with Crippen LogP contribution in [-0.2, 0) is 14.3 Å². The molecule has 0 aromatic heterocycles. The van der Waals surface area contributed by atoms with E-state index in [1.807, 2.05) is 84.0 Å². The van der Waals surface area contributed by atoms with Crippen molar-refractivity contribution in [2.75, 3.05) is 11.9 Å². The van der Waals surface area contributed by atoms with Crippen molar-refractivity contribution in [2.24, 2.45) is 5.92 Å². The quantitative estimate of drug-likeness (QED) is 0.374. The zero-order valence-corrected chi connectivity index (χ0v) is 24.5. The van der Waals surface area contributed by atoms with Gasteiger partial charge in [0.15, 0.2) is 0 Å². The average Bonchev–Trinajstić information content (AvgIpc) is 2.80. The van der Waals surface area contributed by atoms with Crippen LogP contribution in [0.25, 0.3) is 0 Å². The highest BCUT2D eigenvalue weighted by molar-refractivity contribution is 6.00. The monoisotopic (exact) mass is 523 g/mol. The molecule has 7 nitrogen and oxygen atoms in total. The smallest absolute Gasteiger partial charge is 0.408 e. The van der Waals surface area contributed by atoms with Crippen LogP contribution in [0.1, 0.15) is 82.7 Å². The molecule has 0 saturated carbocycles. The van der Waals surface area contributed by atoms with Gasteiger partial charge in [0.2, 0.25) is 5.91 Å². The molecule has 0 saturated heterocycles. The summed E-state index contributed by atoms with van der Waals surface area (Å²) in [4.78, 5) is 42.5. The standard InChI is InChI=1S/C31H45N3O4/c1-10-11-18-34(29(36)25(20(2)3)33-30(37)38-31(7,8)9)27(24-17-12-14-21(4)19-24)28(35)32-26-22(5)15-13-16-23(26)6/h12-17,19-20,25,27H,10-11,18H2,1-9H3,(H,32,35)(H,33,37). The minimum Gasteiger partial charge on any atom is -0.444 e. The number of alkyl carbamates (subject to hydrolysis) is 1. The summed E-state index contributed by atoms with van der Waals surface area (Å²) in [5.74, 6) is -0.835. The fourth-order valence-electron chi connectivity index (χ4n) is 4.34. The fraction of sp³-hybridized carbons (Fsp3) is 0.516. The summed E-state index contributed by atoms with van der Waals surface area (Å²) in [5, 5.41) is 5.87. The number of amides is 3. The lowest BCUT2D eigenvalue weighted by molar-refractivity contribution is -0.141. The Labute approximate surface area is 228 Å². The molecule has 3 amide bonds. The van der Waals surface area contributed by atoms with Crippen molar-refractivity contribution in [1.29, 1.82) is 0 Å². The van der Waals surface area contributed by atoms with E-state index in [2.05, 4.69) is 10.6 Å². The predicted molar refractivity (Wildman–Crippen MR) is 153 cm³/mol. The Bertz CT molecular complexity index is 1100. The second-order valence-corrected chi connectivity index (χ2v) is 11.3. The first-order valence-electron chi connectivity index (χ1n) is 13.5. The third-order valence-electron chi connectivity index (χ3n) is 6.29. The van der Waals surface area contributed by atoms with Crippen molar-refractivity contribution in [2.45, 2.75) is 92.8 Å². The highest BCUT2D eigenvalue weighted by atomic mass is 16.6. The number of hydrogen-bond acceptors (Lipinski definition) is 4. The normalized spacial score (nSPS) is 13.0. The maximum atomic E-state index is 14.2. The van der Waals surface area contributed by atoms with Gasteiger partial charge in [0.1, 0.15) is 17.7 Å². The average molecular weight is 524 g/mol. The number of anilines is 1. The Morgan fingerprint density at radius 2 is 1.58 bits per heavy atom. The van der Waals surface area contributed by atoms with E-state index in [4.69, 9.17) is 4.74 Å². The SMILES string of the molecule is CCCCN(C(=O)C(NC(=O)OC(C)(C)C)C(C)C)C(C(=O)Nc1c(C)cccc1C)c1cccc(C)c1. The molecule has 208 valence electrons. The van der Waals surface area contributed by atoms with E-state index in [0.717, 1.165) is 34.4 Å². The Kier molecular flexibility index (Phi) is 10.9. The largest absolute Gasteiger partial charge is 0.444 e. The molecular formula is C31H45N3O4. The number of unbranched alkanes of at least 4 members (excludes halogenated alkanes) is 1. The molecule has 2 unspecified atom stereocenters. The van der Waals surface area contributed by atoms with E-state index in [0.29, 0.717) is 13.0 Å². The van der Waals surface area contributed by atoms with Gasteiger partial charge in [0.05, 0.1) is 0 Å². The lowest BCUT2D eigenvalue weighted by Gasteiger charge is -2.36. The van der Waals surface area contributed by atoms with Crippen molar-refractivity contribution in [3.8, 4) is 0 Å². The lowest BCUT2D eigenvalue weighted by atomic mass is 9.97. The summed E-state index contributed by atoms with van der Waals surface area (Å²) in [5.41, 5.74) is 3.64. The van der Waals surface area contributed by atoms with Crippen molar-refractivity contribution in [1.82, 2.24) is 10.2 Å². The molecular weight excluding hydrogens is 478 g/mol. The van der Waals surface area contributed by atoms with Crippen molar-refractivity contribution < 1.29 is 19.1 Å². The molecule has 38 heavy (non-hydrogen) atoms. The molecule has 2 atom stereocenters. The van der Waals surface area contributed by atoms with Crippen molar-refractivity contribution in [3.05, 3.63) is 64.7 Å². The number of aryl methyl sites for hydroxylation is 3. The maximum Gasteiger partial charge on any atom is 0.408 e. The number of benzene rings is 2. The molecule has 0 fully saturated rings. The Hall–Kier alpha value is -3.35. The van der Waals surface area contributed by atoms with E-state index in [-0.39, 0.29) is 17.7 Å². The zero-order chi connectivity index (χ0) is 28.6. The molecule has 2 aromatic carbocycles. The molecule has 2 aromatic rings. The van der Waals surface area contributed by atoms with Crippen LogP contribution in [0.2, 0.25) is 0 Å². The zero-order valence-electron chi connectivity index (χ0n) is 24.5. The van der Waals surface area contributed by atoms with Crippen LogP contribution in [0.5, 0.6) is 0 Å². The molecule has 2 rings (SSSR count). The van der Waals surface area contributed by atoms with Crippen LogP contribution < -0.4 is 10.6 Å². The first kappa shape index (κ1) is 30.9. The summed E-state index contributed by atoms with van der Waals surface area (Å²) in [7, 11) is 0. The van der Waals surface area contributed by atoms with E-state index >= 15 is 0 Å². The van der Waals surface area contributed by atoms with Gasteiger partial charge in [-0.05, 0) is 70.6 Å². The van der Waals surface area contributed by atoms with Gasteiger partial charge in [0.25, 0.3) is 5.91 Å². The van der Waals surface area contributed by atoms with E-state index in [9.17, 15) is 14.4 Å². The topological polar surface area (TPSA) is 87.7 Å². The minimum atomic E-state index is -0.880. The van der Waals surface area contributed by atoms with E-state index < -0.39 is 23.8 Å². The van der Waals surface area contributed by atoms with Gasteiger partial charge >= 0.3 is 6.09 Å². The second-order valence-electron chi connectivity index (χ2n) is 11.3. The van der Waals surface area contributed by atoms with Crippen LogP contribution in [0, 0.1) is 26.7 Å². The maximum absolute atomic E-state index is 14.2. The van der Waals surface area contributed by atoms with Gasteiger partial charge < -0.3 is 20.3 Å². The van der Waals surface area contributed by atoms with Gasteiger partial charge in [-0.2, -0.15) is 0 Å². The predicted octanol–water partition coefficient (Wildman–Crippen LogP) is 6.47. The number of para-hydroxylation sites is 1. The summed E-state index contributed by atoms with van der Waals surface area (Å²) in [6.45, 7) is 17.3. The van der Waals surface area contributed by atoms with Gasteiger partial charge in [-0.25, -0.2) is 4.79 Å². The Morgan fingerprint density at radius 1 is 0.974 bits per heavy atom. The Balaban J connectivity index is 2.55. The molecule has 2 N–H and O–H groups in total. The summed E-state index contributed by atoms with van der Waals surface area (Å²) in [6.07, 6.45) is 0.892. The van der Waals surface area contributed by atoms with Gasteiger partial charge in [0, 0.05) is 12.2 Å². The van der Waals surface area contributed by atoms with E-state index in [1.165, 1.54) is 0 Å². The van der Waals surface area contributed by atoms with Crippen LogP contribution >= 0.6 is 0 Å². The summed E-state index contributed by atoms with van der Waals surface area (Å²) < 4.78 is 5.44. The van der Waals surface area contributed by atoms with Gasteiger partial charge in [-0.1, -0.05) is 75.2 Å². The molecule has 0 spiro atoms. The number of rotatable bonds is 10. The van der Waals surface area contributed by atoms with Crippen molar-refractivity contribution in [3.63, 3.8) is 0 Å². The number of carbonyl (C=O) groups is 3. The fourth-order valence-corrected chi connectivity index (χ4v) is 4.34. The van der Waals surface area contributed by atoms with Crippen LogP contribution in [0.4, 0.5) is 10.5 Å². The number of nitrogens with zero attached hydrogens (tertiary/aromatic N) is 1. The molecule has 0 aliphatic carbocycles. The van der Waals surface area contributed by atoms with Crippen LogP contribution in [0.3, 0.4) is 0 Å². The summed E-state index contributed by atoms with van der Waals surface area (Å²) in [6, 6.07) is 11.8. The molecule has 0 aliphatic heterocycles. The minimum absolute atomic E-state index is 0.223. The van der Waals surface area contributed by atoms with Crippen molar-refractivity contribution >= 4 is 23.6 Å². The molecule has 0 heterocycles. The number of carbonyl (C=O) groups excluding carboxylic acids is 3. The number of hydrogen-bond donors (Lipinski definition) is 2. The molecule has 7 heteroatoms. The van der Waals surface area contributed by atoms with Gasteiger partial charge in [-0.3, -0.25) is 9.59 Å². The molecule has 0 radical (unpaired) electrons. The summed E-state index contributed by atoms with van der Waals surface area (Å²) >= 11 is 0. The van der Waals surface area contributed by atoms with Crippen LogP contribution in [0.15, 0.2) is 42.5 Å². The second kappa shape index (κ2) is 13.4. The molecule has 0 bridgehead atoms. The highest BCUT2D eigenvalue weighted by Gasteiger charge is 2.37. The third-order valence-corrected chi connectivity index (χ3v) is 6.29. The first-order valence-corrected chi connectivity index (χ1v) is 13.5. The number of ether oxygens (including phenoxy) is 1. The highest BCUT2D eigenvalue weighted by Crippen LogP contribution is 2.28. The van der Waals surface area contributed by atoms with Gasteiger partial charge in [-0.15, -0.1) is 0 Å². The number of nitrogens with one attached hydrogen (secondary N) is 2. The first-order chi connectivity index (χ1) is 17.7. The van der Waals surface area contributed by atoms with Crippen LogP contribution in [-0.4, -0.2) is 41.0 Å². The van der Waals surface area contributed by atoms with E-state index in [1.54, 1.807) is 25.7 Å². The third kappa shape index (κ3) is 8.61. The molecule has 0 aliphatic rings. The lowest BCUT2D eigenvalue weighted by Crippen LogP contribution is -2.54. The Morgan fingerprint density at radius 3 is 2.11 bits per heavy atom.